The zero-order chi connectivity index (χ0) is 34.8. The molecule has 1 aliphatic heterocycles. The van der Waals surface area contributed by atoms with Crippen molar-refractivity contribution in [1.82, 2.24) is 16.0 Å². The maximum absolute atomic E-state index is 13.5. The lowest BCUT2D eigenvalue weighted by Crippen LogP contribution is -2.60. The zero-order valence-corrected chi connectivity index (χ0v) is 29.1. The van der Waals surface area contributed by atoms with Crippen LogP contribution >= 0.6 is 0 Å². The van der Waals surface area contributed by atoms with E-state index >= 15 is 0 Å². The van der Waals surface area contributed by atoms with Crippen LogP contribution in [-0.4, -0.2) is 82.9 Å². The molecule has 0 saturated carbocycles. The number of hydrogen-bond donors (Lipinski definition) is 5. The minimum absolute atomic E-state index is 0.388. The Hall–Kier alpha value is -2.73. The van der Waals surface area contributed by atoms with Crippen LogP contribution in [-0.2, 0) is 33.4 Å². The highest BCUT2D eigenvalue weighted by Gasteiger charge is 2.41. The molecule has 1 aliphatic rings. The molecule has 0 radical (unpaired) electrons. The van der Waals surface area contributed by atoms with Gasteiger partial charge in [0, 0.05) is 12.8 Å². The van der Waals surface area contributed by atoms with Crippen LogP contribution in [0.5, 0.6) is 0 Å². The molecule has 0 bridgehead atoms. The van der Waals surface area contributed by atoms with Crippen molar-refractivity contribution in [3.05, 3.63) is 0 Å². The number of esters is 2. The van der Waals surface area contributed by atoms with Crippen molar-refractivity contribution < 1.29 is 43.7 Å². The van der Waals surface area contributed by atoms with E-state index in [9.17, 15) is 34.2 Å². The SMILES string of the molecule is CCCCCCCCCCCCC[C@@H](O)[C@H](C)[C@H]1OC(=O)C(COC(C)=O)NC(=O)[C@H]([C@@H](C)O)NC(=O)[C@H](C(C)C)NC(=O)C1C. The summed E-state index contributed by atoms with van der Waals surface area (Å²) in [5, 5.41) is 29.0. The van der Waals surface area contributed by atoms with Crippen LogP contribution in [0, 0.1) is 17.8 Å². The van der Waals surface area contributed by atoms with Crippen molar-refractivity contribution in [2.45, 2.75) is 162 Å². The van der Waals surface area contributed by atoms with Crippen LogP contribution in [0.2, 0.25) is 0 Å². The Kier molecular flexibility index (Phi) is 19.7. The molecule has 0 spiro atoms. The summed E-state index contributed by atoms with van der Waals surface area (Å²) >= 11 is 0. The van der Waals surface area contributed by atoms with Gasteiger partial charge in [-0.25, -0.2) is 4.79 Å². The third kappa shape index (κ3) is 14.8. The number of aliphatic hydroxyl groups is 2. The lowest BCUT2D eigenvalue weighted by Gasteiger charge is -2.33. The summed E-state index contributed by atoms with van der Waals surface area (Å²) in [6, 6.07) is -4.03. The zero-order valence-electron chi connectivity index (χ0n) is 29.1. The fourth-order valence-corrected chi connectivity index (χ4v) is 5.63. The molecule has 1 heterocycles. The molecule has 12 nitrogen and oxygen atoms in total. The lowest BCUT2D eigenvalue weighted by molar-refractivity contribution is -0.166. The first kappa shape index (κ1) is 41.3. The Balaban J connectivity index is 3.08. The quantitative estimate of drug-likeness (QED) is 0.109. The van der Waals surface area contributed by atoms with E-state index in [1.807, 2.05) is 0 Å². The van der Waals surface area contributed by atoms with Crippen LogP contribution in [0.15, 0.2) is 0 Å². The molecule has 1 rings (SSSR count). The standard InChI is InChI=1S/C34H61N3O9/c1-8-9-10-11-12-13-14-15-16-17-18-19-27(40)22(4)30-23(5)31(41)36-28(21(2)3)32(42)37-29(24(6)38)33(43)35-26(34(44)46-30)20-45-25(7)39/h21-24,26-30,38,40H,8-20H2,1-7H3,(H,35,43)(H,36,41)(H,37,42)/t22-,23?,24+,26?,27+,28-,29-,30+/m0/s1. The number of unbranched alkanes of at least 4 members (excludes halogenated alkanes) is 10. The average molecular weight is 656 g/mol. The highest BCUT2D eigenvalue weighted by molar-refractivity contribution is 5.94. The first-order valence-electron chi connectivity index (χ1n) is 17.3. The molecule has 12 heteroatoms. The minimum atomic E-state index is -1.50. The van der Waals surface area contributed by atoms with Crippen molar-refractivity contribution in [3.63, 3.8) is 0 Å². The topological polar surface area (TPSA) is 180 Å². The van der Waals surface area contributed by atoms with Crippen LogP contribution in [0.1, 0.15) is 126 Å². The highest BCUT2D eigenvalue weighted by Crippen LogP contribution is 2.25. The molecule has 0 aromatic rings. The summed E-state index contributed by atoms with van der Waals surface area (Å²) < 4.78 is 10.8. The molecule has 3 amide bonds. The Bertz CT molecular complexity index is 958. The fourth-order valence-electron chi connectivity index (χ4n) is 5.63. The number of nitrogens with one attached hydrogen (secondary N) is 3. The Morgan fingerprint density at radius 2 is 1.28 bits per heavy atom. The average Bonchev–Trinajstić information content (AvgIpc) is 3.00. The molecular formula is C34H61N3O9. The van der Waals surface area contributed by atoms with Crippen LogP contribution < -0.4 is 16.0 Å². The van der Waals surface area contributed by atoms with E-state index in [0.717, 1.165) is 32.6 Å². The predicted octanol–water partition coefficient (Wildman–Crippen LogP) is 3.30. The maximum atomic E-state index is 13.5. The van der Waals surface area contributed by atoms with Gasteiger partial charge in [0.15, 0.2) is 6.04 Å². The Morgan fingerprint density at radius 1 is 0.783 bits per heavy atom. The van der Waals surface area contributed by atoms with Crippen molar-refractivity contribution in [2.75, 3.05) is 6.61 Å². The molecule has 5 N–H and O–H groups in total. The molecule has 46 heavy (non-hydrogen) atoms. The van der Waals surface area contributed by atoms with E-state index in [2.05, 4.69) is 22.9 Å². The molecule has 2 unspecified atom stereocenters. The molecule has 266 valence electrons. The number of hydrogen-bond acceptors (Lipinski definition) is 9. The molecule has 0 aromatic carbocycles. The maximum Gasteiger partial charge on any atom is 0.332 e. The van der Waals surface area contributed by atoms with E-state index in [-0.39, 0.29) is 5.92 Å². The van der Waals surface area contributed by atoms with Gasteiger partial charge in [0.1, 0.15) is 24.8 Å². The van der Waals surface area contributed by atoms with Gasteiger partial charge in [-0.3, -0.25) is 19.2 Å². The van der Waals surface area contributed by atoms with Gasteiger partial charge in [0.05, 0.1) is 18.1 Å². The van der Waals surface area contributed by atoms with Gasteiger partial charge in [-0.2, -0.15) is 0 Å². The molecule has 1 saturated heterocycles. The van der Waals surface area contributed by atoms with Crippen molar-refractivity contribution in [3.8, 4) is 0 Å². The van der Waals surface area contributed by atoms with Gasteiger partial charge in [0.25, 0.3) is 0 Å². The lowest BCUT2D eigenvalue weighted by atomic mass is 9.86. The first-order chi connectivity index (χ1) is 21.7. The number of cyclic esters (lactones) is 1. The van der Waals surface area contributed by atoms with E-state index in [1.54, 1.807) is 27.7 Å². The molecular weight excluding hydrogens is 594 g/mol. The third-order valence-electron chi connectivity index (χ3n) is 8.75. The minimum Gasteiger partial charge on any atom is -0.463 e. The number of carbonyl (C=O) groups excluding carboxylic acids is 5. The van der Waals surface area contributed by atoms with Gasteiger partial charge in [0.2, 0.25) is 17.7 Å². The summed E-state index contributed by atoms with van der Waals surface area (Å²) in [6.45, 7) is 10.8. The Morgan fingerprint density at radius 3 is 1.78 bits per heavy atom. The van der Waals surface area contributed by atoms with Gasteiger partial charge >= 0.3 is 11.9 Å². The fraction of sp³-hybridized carbons (Fsp3) is 0.853. The van der Waals surface area contributed by atoms with Crippen LogP contribution in [0.3, 0.4) is 0 Å². The van der Waals surface area contributed by atoms with Crippen LogP contribution in [0.4, 0.5) is 0 Å². The predicted molar refractivity (Wildman–Crippen MR) is 174 cm³/mol. The van der Waals surface area contributed by atoms with Gasteiger partial charge in [-0.05, 0) is 19.3 Å². The van der Waals surface area contributed by atoms with Gasteiger partial charge in [-0.15, -0.1) is 0 Å². The smallest absolute Gasteiger partial charge is 0.332 e. The van der Waals surface area contributed by atoms with E-state index in [4.69, 9.17) is 9.47 Å². The molecule has 0 aliphatic carbocycles. The normalized spacial score (nSPS) is 25.1. The second kappa shape index (κ2) is 22.0. The van der Waals surface area contributed by atoms with Gasteiger partial charge in [-0.1, -0.05) is 105 Å². The third-order valence-corrected chi connectivity index (χ3v) is 8.75. The van der Waals surface area contributed by atoms with Crippen molar-refractivity contribution in [1.29, 1.82) is 0 Å². The second-order valence-electron chi connectivity index (χ2n) is 13.3. The summed E-state index contributed by atoms with van der Waals surface area (Å²) in [5.74, 6) is -5.92. The number of rotatable bonds is 18. The highest BCUT2D eigenvalue weighted by atomic mass is 16.6. The van der Waals surface area contributed by atoms with E-state index < -0.39 is 84.5 Å². The first-order valence-corrected chi connectivity index (χ1v) is 17.3. The molecule has 1 fully saturated rings. The number of carbonyl (C=O) groups is 5. The molecule has 8 atom stereocenters. The summed E-state index contributed by atoms with van der Waals surface area (Å²) in [4.78, 5) is 64.8. The number of ether oxygens (including phenoxy) is 2. The number of aliphatic hydroxyl groups excluding tert-OH is 2. The monoisotopic (exact) mass is 655 g/mol. The Labute approximate surface area is 275 Å². The van der Waals surface area contributed by atoms with Gasteiger partial charge < -0.3 is 35.6 Å². The summed E-state index contributed by atoms with van der Waals surface area (Å²) in [7, 11) is 0. The van der Waals surface area contributed by atoms with Crippen molar-refractivity contribution >= 4 is 29.7 Å². The largest absolute Gasteiger partial charge is 0.463 e. The molecule has 0 aromatic heterocycles. The van der Waals surface area contributed by atoms with E-state index in [1.165, 1.54) is 51.9 Å². The summed E-state index contributed by atoms with van der Waals surface area (Å²) in [5.41, 5.74) is 0. The van der Waals surface area contributed by atoms with Crippen LogP contribution in [0.25, 0.3) is 0 Å². The summed E-state index contributed by atoms with van der Waals surface area (Å²) in [6.07, 6.45) is 9.87. The van der Waals surface area contributed by atoms with Crippen molar-refractivity contribution in [2.24, 2.45) is 17.8 Å². The van der Waals surface area contributed by atoms with E-state index in [0.29, 0.717) is 6.42 Å². The second-order valence-corrected chi connectivity index (χ2v) is 13.3. The number of amides is 3.